The smallest absolute Gasteiger partial charge is 0.319 e. The molecule has 0 saturated heterocycles. The maximum Gasteiger partial charge on any atom is 0.319 e. The maximum atomic E-state index is 10.9. The highest BCUT2D eigenvalue weighted by Gasteiger charge is 2.26. The normalized spacial score (nSPS) is 20.4. The summed E-state index contributed by atoms with van der Waals surface area (Å²) in [4.78, 5) is 10.9. The summed E-state index contributed by atoms with van der Waals surface area (Å²) in [5, 5.41) is 3.17. The molecule has 1 N–H and O–H groups in total. The Morgan fingerprint density at radius 3 is 2.57 bits per heavy atom. The fourth-order valence-electron chi connectivity index (χ4n) is 2.12. The van der Waals surface area contributed by atoms with Gasteiger partial charge in [0.2, 0.25) is 0 Å². The van der Waals surface area contributed by atoms with Crippen LogP contribution in [-0.2, 0) is 9.53 Å². The molecular weight excluding hydrogens is 178 g/mol. The molecule has 3 nitrogen and oxygen atoms in total. The lowest BCUT2D eigenvalue weighted by Gasteiger charge is -2.33. The summed E-state index contributed by atoms with van der Waals surface area (Å²) in [7, 11) is 1.42. The van der Waals surface area contributed by atoms with Gasteiger partial charge in [-0.05, 0) is 18.3 Å². The quantitative estimate of drug-likeness (QED) is 0.701. The topological polar surface area (TPSA) is 38.3 Å². The van der Waals surface area contributed by atoms with Crippen molar-refractivity contribution in [1.29, 1.82) is 0 Å². The van der Waals surface area contributed by atoms with Gasteiger partial charge in [-0.2, -0.15) is 0 Å². The van der Waals surface area contributed by atoms with Crippen molar-refractivity contribution in [1.82, 2.24) is 5.32 Å². The van der Waals surface area contributed by atoms with E-state index in [-0.39, 0.29) is 5.97 Å². The van der Waals surface area contributed by atoms with Crippen LogP contribution in [0.3, 0.4) is 0 Å². The summed E-state index contributed by atoms with van der Waals surface area (Å²) < 4.78 is 4.57. The maximum absolute atomic E-state index is 10.9. The van der Waals surface area contributed by atoms with Crippen LogP contribution in [-0.4, -0.2) is 26.2 Å². The summed E-state index contributed by atoms with van der Waals surface area (Å²) in [5.74, 6) is -0.176. The van der Waals surface area contributed by atoms with Crippen LogP contribution in [0.5, 0.6) is 0 Å². The lowest BCUT2D eigenvalue weighted by atomic mass is 9.76. The minimum Gasteiger partial charge on any atom is -0.468 e. The molecule has 0 amide bonds. The summed E-state index contributed by atoms with van der Waals surface area (Å²) in [6, 6.07) is 0. The summed E-state index contributed by atoms with van der Waals surface area (Å²) in [6.45, 7) is 3.57. The van der Waals surface area contributed by atoms with Gasteiger partial charge in [0.25, 0.3) is 0 Å². The Labute approximate surface area is 86.2 Å². The molecule has 1 aliphatic rings. The van der Waals surface area contributed by atoms with E-state index in [0.717, 1.165) is 6.54 Å². The van der Waals surface area contributed by atoms with E-state index in [1.54, 1.807) is 0 Å². The molecule has 0 aromatic carbocycles. The van der Waals surface area contributed by atoms with Gasteiger partial charge in [-0.25, -0.2) is 0 Å². The summed E-state index contributed by atoms with van der Waals surface area (Å²) >= 11 is 0. The molecule has 0 unspecified atom stereocenters. The Morgan fingerprint density at radius 1 is 1.36 bits per heavy atom. The van der Waals surface area contributed by atoms with Crippen LogP contribution >= 0.6 is 0 Å². The van der Waals surface area contributed by atoms with Crippen molar-refractivity contribution in [3.8, 4) is 0 Å². The van der Waals surface area contributed by atoms with Gasteiger partial charge >= 0.3 is 5.97 Å². The highest BCUT2D eigenvalue weighted by molar-refractivity contribution is 5.71. The first-order valence-electron chi connectivity index (χ1n) is 5.44. The molecule has 0 atom stereocenters. The number of methoxy groups -OCH3 is 1. The summed E-state index contributed by atoms with van der Waals surface area (Å²) in [5.41, 5.74) is 0.395. The number of carbonyl (C=O) groups excluding carboxylic acids is 1. The second kappa shape index (κ2) is 5.35. The lowest BCUT2D eigenvalue weighted by Crippen LogP contribution is -2.36. The third-order valence-corrected chi connectivity index (χ3v) is 3.11. The van der Waals surface area contributed by atoms with Crippen LogP contribution in [0.25, 0.3) is 0 Å². The molecule has 1 aliphatic carbocycles. The predicted molar refractivity (Wildman–Crippen MR) is 56.1 cm³/mol. The fraction of sp³-hybridized carbons (Fsp3) is 0.909. The molecular formula is C11H21NO2. The van der Waals surface area contributed by atoms with Crippen LogP contribution in [0.1, 0.15) is 39.0 Å². The molecule has 0 spiro atoms. The van der Waals surface area contributed by atoms with Gasteiger partial charge in [0, 0.05) is 6.54 Å². The van der Waals surface area contributed by atoms with Crippen molar-refractivity contribution in [2.45, 2.75) is 39.0 Å². The van der Waals surface area contributed by atoms with E-state index < -0.39 is 0 Å². The number of ether oxygens (including phenoxy) is 1. The van der Waals surface area contributed by atoms with Crippen LogP contribution < -0.4 is 5.32 Å². The van der Waals surface area contributed by atoms with Crippen molar-refractivity contribution in [3.63, 3.8) is 0 Å². The van der Waals surface area contributed by atoms with Crippen molar-refractivity contribution in [2.75, 3.05) is 20.2 Å². The second-order valence-electron chi connectivity index (χ2n) is 4.55. The van der Waals surface area contributed by atoms with Crippen LogP contribution in [0.2, 0.25) is 0 Å². The molecule has 1 rings (SSSR count). The highest BCUT2D eigenvalue weighted by atomic mass is 16.5. The number of nitrogens with one attached hydrogen (secondary N) is 1. The van der Waals surface area contributed by atoms with E-state index in [9.17, 15) is 4.79 Å². The zero-order valence-electron chi connectivity index (χ0n) is 9.27. The first kappa shape index (κ1) is 11.5. The standard InChI is InChI=1S/C11H21NO2/c1-11(6-4-3-5-7-11)9-12-8-10(13)14-2/h12H,3-9H2,1-2H3. The van der Waals surface area contributed by atoms with E-state index in [2.05, 4.69) is 17.0 Å². The molecule has 1 saturated carbocycles. The van der Waals surface area contributed by atoms with Crippen LogP contribution in [0.15, 0.2) is 0 Å². The number of esters is 1. The molecule has 14 heavy (non-hydrogen) atoms. The minimum atomic E-state index is -0.176. The number of carbonyl (C=O) groups is 1. The zero-order chi connectivity index (χ0) is 10.4. The van der Waals surface area contributed by atoms with E-state index >= 15 is 0 Å². The molecule has 0 aromatic heterocycles. The van der Waals surface area contributed by atoms with Crippen molar-refractivity contribution < 1.29 is 9.53 Å². The first-order chi connectivity index (χ1) is 6.66. The molecule has 1 fully saturated rings. The van der Waals surface area contributed by atoms with Gasteiger partial charge in [-0.1, -0.05) is 26.2 Å². The number of hydrogen-bond donors (Lipinski definition) is 1. The number of rotatable bonds is 4. The molecule has 0 aromatic rings. The van der Waals surface area contributed by atoms with E-state index in [1.165, 1.54) is 39.2 Å². The van der Waals surface area contributed by atoms with Gasteiger partial charge in [0.1, 0.15) is 0 Å². The van der Waals surface area contributed by atoms with Crippen molar-refractivity contribution in [3.05, 3.63) is 0 Å². The molecule has 3 heteroatoms. The minimum absolute atomic E-state index is 0.176. The van der Waals surface area contributed by atoms with Gasteiger partial charge in [-0.15, -0.1) is 0 Å². The SMILES string of the molecule is COC(=O)CNCC1(C)CCCCC1. The first-order valence-corrected chi connectivity index (χ1v) is 5.44. The van der Waals surface area contributed by atoms with E-state index in [4.69, 9.17) is 0 Å². The fourth-order valence-corrected chi connectivity index (χ4v) is 2.12. The lowest BCUT2D eigenvalue weighted by molar-refractivity contribution is -0.139. The van der Waals surface area contributed by atoms with Gasteiger partial charge in [0.05, 0.1) is 13.7 Å². The third kappa shape index (κ3) is 3.66. The van der Waals surface area contributed by atoms with Crippen LogP contribution in [0.4, 0.5) is 0 Å². The number of hydrogen-bond acceptors (Lipinski definition) is 3. The Balaban J connectivity index is 2.18. The van der Waals surface area contributed by atoms with E-state index in [1.807, 2.05) is 0 Å². The zero-order valence-corrected chi connectivity index (χ0v) is 9.27. The second-order valence-corrected chi connectivity index (χ2v) is 4.55. The largest absolute Gasteiger partial charge is 0.468 e. The summed E-state index contributed by atoms with van der Waals surface area (Å²) in [6.07, 6.45) is 6.59. The van der Waals surface area contributed by atoms with Crippen molar-refractivity contribution >= 4 is 5.97 Å². The Hall–Kier alpha value is -0.570. The van der Waals surface area contributed by atoms with Crippen molar-refractivity contribution in [2.24, 2.45) is 5.41 Å². The predicted octanol–water partition coefficient (Wildman–Crippen LogP) is 1.72. The monoisotopic (exact) mass is 199 g/mol. The Bertz CT molecular complexity index is 186. The van der Waals surface area contributed by atoms with E-state index in [0.29, 0.717) is 12.0 Å². The molecule has 0 bridgehead atoms. The average molecular weight is 199 g/mol. The Morgan fingerprint density at radius 2 is 2.00 bits per heavy atom. The van der Waals surface area contributed by atoms with Gasteiger partial charge in [-0.3, -0.25) is 4.79 Å². The van der Waals surface area contributed by atoms with Gasteiger partial charge < -0.3 is 10.1 Å². The molecule has 0 heterocycles. The van der Waals surface area contributed by atoms with Crippen LogP contribution in [0, 0.1) is 5.41 Å². The Kier molecular flexibility index (Phi) is 4.39. The highest BCUT2D eigenvalue weighted by Crippen LogP contribution is 2.34. The molecule has 0 radical (unpaired) electrons. The molecule has 0 aliphatic heterocycles. The van der Waals surface area contributed by atoms with Gasteiger partial charge in [0.15, 0.2) is 0 Å². The third-order valence-electron chi connectivity index (χ3n) is 3.11. The average Bonchev–Trinajstić information content (AvgIpc) is 2.18. The molecule has 82 valence electrons.